The number of amides is 1. The van der Waals surface area contributed by atoms with Crippen LogP contribution in [0.1, 0.15) is 24.1 Å². The van der Waals surface area contributed by atoms with Crippen LogP contribution in [0.25, 0.3) is 5.76 Å². The normalized spacial score (nSPS) is 18.6. The number of carbonyl (C=O) groups excluding carboxylic acids is 2. The Labute approximate surface area is 190 Å². The van der Waals surface area contributed by atoms with Gasteiger partial charge in [-0.15, -0.1) is 0 Å². The van der Waals surface area contributed by atoms with Gasteiger partial charge in [0.05, 0.1) is 18.2 Å². The highest BCUT2D eigenvalue weighted by Crippen LogP contribution is 2.44. The van der Waals surface area contributed by atoms with Crippen molar-refractivity contribution in [1.29, 1.82) is 0 Å². The van der Waals surface area contributed by atoms with E-state index in [9.17, 15) is 14.7 Å². The van der Waals surface area contributed by atoms with Crippen LogP contribution in [-0.4, -0.2) is 30.2 Å². The van der Waals surface area contributed by atoms with E-state index in [-0.39, 0.29) is 18.1 Å². The van der Waals surface area contributed by atoms with Crippen LogP contribution in [0.4, 0.5) is 5.69 Å². The van der Waals surface area contributed by atoms with Crippen molar-refractivity contribution in [3.8, 4) is 17.2 Å². The highest BCUT2D eigenvalue weighted by molar-refractivity contribution is 6.51. The van der Waals surface area contributed by atoms with E-state index in [4.69, 9.17) is 14.2 Å². The molecule has 7 heteroatoms. The van der Waals surface area contributed by atoms with Gasteiger partial charge in [-0.3, -0.25) is 14.5 Å². The molecule has 0 aliphatic carbocycles. The molecule has 33 heavy (non-hydrogen) atoms. The number of aliphatic hydroxyl groups excluding tert-OH is 1. The Hall–Kier alpha value is -4.26. The average Bonchev–Trinajstić information content (AvgIpc) is 3.41. The van der Waals surface area contributed by atoms with Gasteiger partial charge in [-0.25, -0.2) is 0 Å². The second-order valence-corrected chi connectivity index (χ2v) is 7.58. The summed E-state index contributed by atoms with van der Waals surface area (Å²) in [6.07, 6.45) is 0. The van der Waals surface area contributed by atoms with Crippen LogP contribution in [0.5, 0.6) is 17.2 Å². The lowest BCUT2D eigenvalue weighted by atomic mass is 9.95. The van der Waals surface area contributed by atoms with E-state index in [1.54, 1.807) is 42.5 Å². The van der Waals surface area contributed by atoms with Crippen LogP contribution in [0, 0.1) is 0 Å². The third-order valence-electron chi connectivity index (χ3n) is 5.61. The number of ether oxygens (including phenoxy) is 3. The second kappa shape index (κ2) is 8.35. The lowest BCUT2D eigenvalue weighted by Gasteiger charge is -2.25. The Balaban J connectivity index is 1.67. The van der Waals surface area contributed by atoms with Crippen LogP contribution in [0.2, 0.25) is 0 Å². The summed E-state index contributed by atoms with van der Waals surface area (Å²) < 4.78 is 16.4. The van der Waals surface area contributed by atoms with Gasteiger partial charge < -0.3 is 19.3 Å². The topological polar surface area (TPSA) is 85.3 Å². The fourth-order valence-corrected chi connectivity index (χ4v) is 4.14. The molecule has 2 heterocycles. The molecule has 3 aromatic carbocycles. The zero-order valence-corrected chi connectivity index (χ0v) is 17.9. The van der Waals surface area contributed by atoms with E-state index in [0.717, 1.165) is 0 Å². The van der Waals surface area contributed by atoms with Gasteiger partial charge in [-0.1, -0.05) is 42.5 Å². The van der Waals surface area contributed by atoms with Gasteiger partial charge in [0.2, 0.25) is 6.79 Å². The van der Waals surface area contributed by atoms with Crippen molar-refractivity contribution in [2.75, 3.05) is 18.3 Å². The first kappa shape index (κ1) is 20.6. The lowest BCUT2D eigenvalue weighted by Crippen LogP contribution is -2.29. The van der Waals surface area contributed by atoms with E-state index < -0.39 is 17.7 Å². The number of rotatable bonds is 5. The van der Waals surface area contributed by atoms with Gasteiger partial charge in [0.15, 0.2) is 11.5 Å². The quantitative estimate of drug-likeness (QED) is 0.357. The third kappa shape index (κ3) is 3.57. The van der Waals surface area contributed by atoms with Gasteiger partial charge in [0.1, 0.15) is 11.5 Å². The summed E-state index contributed by atoms with van der Waals surface area (Å²) >= 11 is 0. The first-order valence-electron chi connectivity index (χ1n) is 10.6. The van der Waals surface area contributed by atoms with Crippen molar-refractivity contribution < 1.29 is 28.9 Å². The zero-order chi connectivity index (χ0) is 22.9. The standard InChI is InChI=1S/C26H21NO6/c1-2-31-19-10-6-9-17(13-19)24(28)22-23(16-7-4-3-5-8-16)27(26(30)25(22)29)18-11-12-20-21(14-18)33-15-32-20/h3-14,23,28H,2,15H2,1H3/b24-22+. The Morgan fingerprint density at radius 2 is 1.79 bits per heavy atom. The molecule has 166 valence electrons. The number of carbonyl (C=O) groups is 2. The van der Waals surface area contributed by atoms with E-state index >= 15 is 0 Å². The Bertz CT molecular complexity index is 1270. The maximum absolute atomic E-state index is 13.2. The predicted molar refractivity (Wildman–Crippen MR) is 121 cm³/mol. The van der Waals surface area contributed by atoms with Gasteiger partial charge in [-0.05, 0) is 36.8 Å². The SMILES string of the molecule is CCOc1cccc(/C(O)=C2\C(=O)C(=O)N(c3ccc4c(c3)OCO4)C2c2ccccc2)c1. The minimum absolute atomic E-state index is 0.0116. The summed E-state index contributed by atoms with van der Waals surface area (Å²) in [5.41, 5.74) is 1.57. The van der Waals surface area contributed by atoms with Gasteiger partial charge >= 0.3 is 0 Å². The summed E-state index contributed by atoms with van der Waals surface area (Å²) in [7, 11) is 0. The van der Waals surface area contributed by atoms with Crippen molar-refractivity contribution in [3.63, 3.8) is 0 Å². The van der Waals surface area contributed by atoms with Crippen molar-refractivity contribution in [2.24, 2.45) is 0 Å². The predicted octanol–water partition coefficient (Wildman–Crippen LogP) is 4.44. The molecule has 2 aliphatic heterocycles. The molecule has 0 radical (unpaired) electrons. The number of anilines is 1. The number of hydrogen-bond donors (Lipinski definition) is 1. The molecule has 0 aromatic heterocycles. The van der Waals surface area contributed by atoms with Crippen LogP contribution in [0.15, 0.2) is 78.4 Å². The number of ketones is 1. The van der Waals surface area contributed by atoms with Crippen molar-refractivity contribution in [1.82, 2.24) is 0 Å². The largest absolute Gasteiger partial charge is 0.507 e. The maximum Gasteiger partial charge on any atom is 0.300 e. The molecule has 1 fully saturated rings. The Kier molecular flexibility index (Phi) is 5.22. The van der Waals surface area contributed by atoms with E-state index in [0.29, 0.717) is 40.7 Å². The molecule has 0 bridgehead atoms. The first-order valence-corrected chi connectivity index (χ1v) is 10.6. The molecule has 1 N–H and O–H groups in total. The molecule has 0 spiro atoms. The fraction of sp³-hybridized carbons (Fsp3) is 0.154. The Morgan fingerprint density at radius 1 is 1.00 bits per heavy atom. The molecule has 1 saturated heterocycles. The number of nitrogens with zero attached hydrogens (tertiary/aromatic N) is 1. The summed E-state index contributed by atoms with van der Waals surface area (Å²) in [5, 5.41) is 11.2. The average molecular weight is 443 g/mol. The first-order chi connectivity index (χ1) is 16.1. The number of hydrogen-bond acceptors (Lipinski definition) is 6. The van der Waals surface area contributed by atoms with E-state index in [1.165, 1.54) is 4.90 Å². The number of aliphatic hydroxyl groups is 1. The van der Waals surface area contributed by atoms with E-state index in [1.807, 2.05) is 37.3 Å². The molecule has 1 unspecified atom stereocenters. The molecular formula is C26H21NO6. The number of fused-ring (bicyclic) bond motifs is 1. The molecule has 2 aliphatic rings. The molecular weight excluding hydrogens is 422 g/mol. The van der Waals surface area contributed by atoms with Crippen LogP contribution in [-0.2, 0) is 9.59 Å². The highest BCUT2D eigenvalue weighted by atomic mass is 16.7. The number of Topliss-reactive ketones (excluding diaryl/α,β-unsaturated/α-hetero) is 1. The third-order valence-corrected chi connectivity index (χ3v) is 5.61. The van der Waals surface area contributed by atoms with Gasteiger partial charge in [0.25, 0.3) is 11.7 Å². The lowest BCUT2D eigenvalue weighted by molar-refractivity contribution is -0.132. The molecule has 0 saturated carbocycles. The van der Waals surface area contributed by atoms with Crippen molar-refractivity contribution in [3.05, 3.63) is 89.5 Å². The second-order valence-electron chi connectivity index (χ2n) is 7.58. The van der Waals surface area contributed by atoms with Gasteiger partial charge in [-0.2, -0.15) is 0 Å². The van der Waals surface area contributed by atoms with Crippen molar-refractivity contribution in [2.45, 2.75) is 13.0 Å². The molecule has 5 rings (SSSR count). The Morgan fingerprint density at radius 3 is 2.58 bits per heavy atom. The minimum atomic E-state index is -0.817. The molecule has 7 nitrogen and oxygen atoms in total. The monoisotopic (exact) mass is 443 g/mol. The zero-order valence-electron chi connectivity index (χ0n) is 17.9. The number of benzene rings is 3. The summed E-state index contributed by atoms with van der Waals surface area (Å²) in [5.74, 6) is -0.133. The van der Waals surface area contributed by atoms with Crippen LogP contribution < -0.4 is 19.1 Å². The highest BCUT2D eigenvalue weighted by Gasteiger charge is 2.47. The summed E-state index contributed by atoms with van der Waals surface area (Å²) in [4.78, 5) is 27.9. The smallest absolute Gasteiger partial charge is 0.300 e. The molecule has 3 aromatic rings. The fourth-order valence-electron chi connectivity index (χ4n) is 4.14. The molecule has 1 atom stereocenters. The van der Waals surface area contributed by atoms with Crippen LogP contribution >= 0.6 is 0 Å². The summed E-state index contributed by atoms with van der Waals surface area (Å²) in [6.45, 7) is 2.41. The van der Waals surface area contributed by atoms with Crippen molar-refractivity contribution >= 4 is 23.1 Å². The maximum atomic E-state index is 13.2. The van der Waals surface area contributed by atoms with Gasteiger partial charge in [0, 0.05) is 17.3 Å². The molecule has 1 amide bonds. The summed E-state index contributed by atoms with van der Waals surface area (Å²) in [6, 6.07) is 20.2. The van der Waals surface area contributed by atoms with Crippen LogP contribution in [0.3, 0.4) is 0 Å². The minimum Gasteiger partial charge on any atom is -0.507 e. The van der Waals surface area contributed by atoms with E-state index in [2.05, 4.69) is 0 Å².